The fraction of sp³-hybridized carbons (Fsp3) is 0.786. The molecule has 0 saturated carbocycles. The summed E-state index contributed by atoms with van der Waals surface area (Å²) >= 11 is 0. The number of hydrogen-bond donors (Lipinski definition) is 1. The summed E-state index contributed by atoms with van der Waals surface area (Å²) in [7, 11) is 4.07. The third-order valence-corrected chi connectivity index (χ3v) is 4.30. The Bertz CT molecular complexity index is 422. The van der Waals surface area contributed by atoms with Crippen LogP contribution in [0.4, 0.5) is 4.79 Å². The van der Waals surface area contributed by atoms with E-state index in [0.29, 0.717) is 31.3 Å². The maximum atomic E-state index is 12.2. The number of nitrogens with one attached hydrogen (secondary N) is 1. The molecule has 7 nitrogen and oxygen atoms in total. The Morgan fingerprint density at radius 3 is 2.57 bits per heavy atom. The van der Waals surface area contributed by atoms with Gasteiger partial charge in [0, 0.05) is 32.1 Å². The van der Waals surface area contributed by atoms with E-state index in [1.165, 1.54) is 4.90 Å². The average molecular weight is 296 g/mol. The molecule has 0 aromatic heterocycles. The number of likely N-dealkylation sites (tertiary alicyclic amines) is 1. The number of rotatable bonds is 5. The lowest BCUT2D eigenvalue weighted by Crippen LogP contribution is -2.36. The van der Waals surface area contributed by atoms with E-state index in [4.69, 9.17) is 0 Å². The van der Waals surface area contributed by atoms with Gasteiger partial charge in [0.1, 0.15) is 0 Å². The van der Waals surface area contributed by atoms with Crippen LogP contribution >= 0.6 is 0 Å². The maximum absolute atomic E-state index is 12.2. The van der Waals surface area contributed by atoms with Crippen molar-refractivity contribution in [1.82, 2.24) is 20.0 Å². The molecule has 21 heavy (non-hydrogen) atoms. The molecule has 0 aliphatic carbocycles. The van der Waals surface area contributed by atoms with Crippen LogP contribution in [0.2, 0.25) is 0 Å². The molecule has 7 heteroatoms. The summed E-state index contributed by atoms with van der Waals surface area (Å²) in [5.41, 5.74) is 0. The Morgan fingerprint density at radius 1 is 1.33 bits per heavy atom. The van der Waals surface area contributed by atoms with Gasteiger partial charge in [-0.1, -0.05) is 6.92 Å². The average Bonchev–Trinajstić information content (AvgIpc) is 2.95. The Labute approximate surface area is 125 Å². The summed E-state index contributed by atoms with van der Waals surface area (Å²) in [6.07, 6.45) is 0.902. The van der Waals surface area contributed by atoms with Crippen molar-refractivity contribution in [1.29, 1.82) is 0 Å². The van der Waals surface area contributed by atoms with Crippen LogP contribution < -0.4 is 5.32 Å². The molecule has 2 atom stereocenters. The quantitative estimate of drug-likeness (QED) is 0.709. The van der Waals surface area contributed by atoms with Crippen molar-refractivity contribution in [2.45, 2.75) is 25.8 Å². The molecule has 0 spiro atoms. The molecule has 2 saturated heterocycles. The van der Waals surface area contributed by atoms with Gasteiger partial charge in [0.05, 0.1) is 6.54 Å². The Hall–Kier alpha value is -1.63. The third kappa shape index (κ3) is 3.53. The largest absolute Gasteiger partial charge is 0.341 e. The van der Waals surface area contributed by atoms with Gasteiger partial charge in [0.25, 0.3) is 0 Å². The Kier molecular flexibility index (Phi) is 4.82. The third-order valence-electron chi connectivity index (χ3n) is 4.30. The number of urea groups is 1. The number of likely N-dealkylation sites (N-methyl/N-ethyl adjacent to an activating group) is 1. The summed E-state index contributed by atoms with van der Waals surface area (Å²) in [5.74, 6) is 0.364. The highest BCUT2D eigenvalue weighted by molar-refractivity contribution is 6.01. The molecule has 0 bridgehead atoms. The van der Waals surface area contributed by atoms with Gasteiger partial charge in [-0.25, -0.2) is 4.79 Å². The lowest BCUT2D eigenvalue weighted by atomic mass is 10.1. The molecule has 118 valence electrons. The van der Waals surface area contributed by atoms with Gasteiger partial charge in [-0.2, -0.15) is 0 Å². The van der Waals surface area contributed by atoms with Crippen LogP contribution in [0.15, 0.2) is 0 Å². The second kappa shape index (κ2) is 6.43. The first kappa shape index (κ1) is 15.8. The van der Waals surface area contributed by atoms with Gasteiger partial charge in [-0.05, 0) is 26.4 Å². The van der Waals surface area contributed by atoms with Crippen molar-refractivity contribution in [3.63, 3.8) is 0 Å². The van der Waals surface area contributed by atoms with Gasteiger partial charge < -0.3 is 15.1 Å². The smallest absolute Gasteiger partial charge is 0.324 e. The summed E-state index contributed by atoms with van der Waals surface area (Å²) in [4.78, 5) is 40.2. The number of nitrogens with zero attached hydrogens (tertiary/aromatic N) is 3. The molecule has 4 amide bonds. The molecule has 2 heterocycles. The van der Waals surface area contributed by atoms with Crippen LogP contribution in [-0.4, -0.2) is 78.9 Å². The zero-order valence-corrected chi connectivity index (χ0v) is 13.0. The van der Waals surface area contributed by atoms with Crippen molar-refractivity contribution in [3.05, 3.63) is 0 Å². The zero-order valence-electron chi connectivity index (χ0n) is 13.0. The van der Waals surface area contributed by atoms with Crippen LogP contribution in [0.1, 0.15) is 19.8 Å². The number of hydrogen-bond acceptors (Lipinski definition) is 4. The fourth-order valence-corrected chi connectivity index (χ4v) is 3.05. The molecule has 2 fully saturated rings. The van der Waals surface area contributed by atoms with Crippen LogP contribution in [0, 0.1) is 5.92 Å². The first-order chi connectivity index (χ1) is 9.90. The van der Waals surface area contributed by atoms with E-state index in [9.17, 15) is 14.4 Å². The van der Waals surface area contributed by atoms with Crippen LogP contribution in [-0.2, 0) is 9.59 Å². The molecular weight excluding hydrogens is 272 g/mol. The number of carbonyl (C=O) groups is 3. The molecule has 0 unspecified atom stereocenters. The van der Waals surface area contributed by atoms with Crippen molar-refractivity contribution in [2.75, 3.05) is 40.3 Å². The molecule has 2 rings (SSSR count). The van der Waals surface area contributed by atoms with Gasteiger partial charge in [-0.3, -0.25) is 14.5 Å². The van der Waals surface area contributed by atoms with Crippen LogP contribution in [0.3, 0.4) is 0 Å². The number of amides is 4. The zero-order chi connectivity index (χ0) is 15.6. The summed E-state index contributed by atoms with van der Waals surface area (Å²) in [5, 5.41) is 2.47. The topological polar surface area (TPSA) is 73.0 Å². The maximum Gasteiger partial charge on any atom is 0.324 e. The highest BCUT2D eigenvalue weighted by atomic mass is 16.2. The minimum atomic E-state index is -0.352. The van der Waals surface area contributed by atoms with E-state index in [1.54, 1.807) is 0 Å². The first-order valence-electron chi connectivity index (χ1n) is 7.42. The van der Waals surface area contributed by atoms with Gasteiger partial charge in [-0.15, -0.1) is 0 Å². The van der Waals surface area contributed by atoms with Crippen molar-refractivity contribution < 1.29 is 14.4 Å². The molecule has 2 aliphatic rings. The highest BCUT2D eigenvalue weighted by Gasteiger charge is 2.33. The first-order valence-corrected chi connectivity index (χ1v) is 7.42. The van der Waals surface area contributed by atoms with Gasteiger partial charge >= 0.3 is 6.03 Å². The predicted octanol–water partition coefficient (Wildman–Crippen LogP) is -0.273. The Morgan fingerprint density at radius 2 is 2.05 bits per heavy atom. The van der Waals surface area contributed by atoms with E-state index in [2.05, 4.69) is 17.1 Å². The second-order valence-electron chi connectivity index (χ2n) is 6.11. The summed E-state index contributed by atoms with van der Waals surface area (Å²) in [6.45, 7) is 4.09. The lowest BCUT2D eigenvalue weighted by Gasteiger charge is -2.22. The summed E-state index contributed by atoms with van der Waals surface area (Å²) < 4.78 is 0. The SMILES string of the molecule is C[C@@H]1CN(C(=O)CCCN2C(=O)CNC2=O)C[C@H]1N(C)C. The normalized spacial score (nSPS) is 25.9. The standard InChI is InChI=1S/C14H24N4O3/c1-10-8-17(9-11(10)16(2)3)12(19)5-4-6-18-13(20)7-15-14(18)21/h10-11H,4-9H2,1-3H3,(H,15,21)/t10-,11-/m1/s1. The molecule has 0 aromatic carbocycles. The summed E-state index contributed by atoms with van der Waals surface area (Å²) in [6, 6.07) is 0.0507. The molecule has 1 N–H and O–H groups in total. The molecule has 0 aromatic rings. The lowest BCUT2D eigenvalue weighted by molar-refractivity contribution is -0.131. The van der Waals surface area contributed by atoms with Crippen LogP contribution in [0.5, 0.6) is 0 Å². The molecule has 0 radical (unpaired) electrons. The monoisotopic (exact) mass is 296 g/mol. The van der Waals surface area contributed by atoms with Gasteiger partial charge in [0.15, 0.2) is 0 Å². The van der Waals surface area contributed by atoms with E-state index in [-0.39, 0.29) is 24.4 Å². The van der Waals surface area contributed by atoms with E-state index in [0.717, 1.165) is 13.1 Å². The molecular formula is C14H24N4O3. The number of carbonyl (C=O) groups excluding carboxylic acids is 3. The second-order valence-corrected chi connectivity index (χ2v) is 6.11. The van der Waals surface area contributed by atoms with E-state index in [1.807, 2.05) is 19.0 Å². The fourth-order valence-electron chi connectivity index (χ4n) is 3.05. The van der Waals surface area contributed by atoms with Crippen molar-refractivity contribution >= 4 is 17.8 Å². The van der Waals surface area contributed by atoms with E-state index < -0.39 is 0 Å². The minimum Gasteiger partial charge on any atom is -0.341 e. The number of imide groups is 1. The Balaban J connectivity index is 1.75. The highest BCUT2D eigenvalue weighted by Crippen LogP contribution is 2.20. The predicted molar refractivity (Wildman–Crippen MR) is 77.6 cm³/mol. The van der Waals surface area contributed by atoms with E-state index >= 15 is 0 Å². The van der Waals surface area contributed by atoms with Crippen LogP contribution in [0.25, 0.3) is 0 Å². The van der Waals surface area contributed by atoms with Crippen molar-refractivity contribution in [3.8, 4) is 0 Å². The van der Waals surface area contributed by atoms with Gasteiger partial charge in [0.2, 0.25) is 11.8 Å². The molecule has 2 aliphatic heterocycles. The minimum absolute atomic E-state index is 0.0704. The van der Waals surface area contributed by atoms with Crippen molar-refractivity contribution in [2.24, 2.45) is 5.92 Å².